The Morgan fingerprint density at radius 1 is 1.15 bits per heavy atom. The number of benzene rings is 1. The fourth-order valence-corrected chi connectivity index (χ4v) is 5.91. The highest BCUT2D eigenvalue weighted by Gasteiger charge is 2.51. The van der Waals surface area contributed by atoms with Crippen LogP contribution < -0.4 is 10.2 Å². The van der Waals surface area contributed by atoms with Crippen molar-refractivity contribution in [1.82, 2.24) is 15.1 Å². The molecule has 3 aliphatic heterocycles. The molecule has 4 rings (SSSR count). The van der Waals surface area contributed by atoms with Crippen LogP contribution in [0.3, 0.4) is 0 Å². The average molecular weight is 547 g/mol. The number of halogens is 1. The number of carbonyl (C=O) groups excluding carboxylic acids is 3. The van der Waals surface area contributed by atoms with Crippen molar-refractivity contribution < 1.29 is 28.2 Å². The first-order valence-electron chi connectivity index (χ1n) is 14.1. The first kappa shape index (κ1) is 29.1. The highest BCUT2D eigenvalue weighted by Crippen LogP contribution is 2.44. The van der Waals surface area contributed by atoms with Gasteiger partial charge in [0.05, 0.1) is 5.41 Å². The highest BCUT2D eigenvalue weighted by molar-refractivity contribution is 5.86. The Bertz CT molecular complexity index is 1040. The first-order valence-corrected chi connectivity index (χ1v) is 14.1. The van der Waals surface area contributed by atoms with Crippen LogP contribution in [0.15, 0.2) is 24.3 Å². The number of piperazine rings is 1. The Morgan fingerprint density at radius 2 is 1.82 bits per heavy atom. The number of ether oxygens (including phenoxy) is 2. The van der Waals surface area contributed by atoms with Gasteiger partial charge in [0, 0.05) is 57.4 Å². The summed E-state index contributed by atoms with van der Waals surface area (Å²) in [6.07, 6.45) is 1.87. The van der Waals surface area contributed by atoms with E-state index in [-0.39, 0.29) is 23.8 Å². The van der Waals surface area contributed by atoms with Crippen LogP contribution in [-0.4, -0.2) is 90.8 Å². The van der Waals surface area contributed by atoms with E-state index in [0.717, 1.165) is 38.3 Å². The van der Waals surface area contributed by atoms with Crippen molar-refractivity contribution in [3.05, 3.63) is 30.1 Å². The molecule has 1 spiro atoms. The second-order valence-corrected chi connectivity index (χ2v) is 12.3. The monoisotopic (exact) mass is 546 g/mol. The SMILES string of the molecule is C[C@H](NC(=O)OC(C)(C)C)C(=O)N1CCC2(CC1)C[C@H](CCN1CCN(c3ccc(F)cc3)C[C@@H]1C)OC2=O. The number of nitrogens with one attached hydrogen (secondary N) is 1. The quantitative estimate of drug-likeness (QED) is 0.546. The molecule has 3 fully saturated rings. The van der Waals surface area contributed by atoms with Gasteiger partial charge in [-0.05, 0) is 78.1 Å². The van der Waals surface area contributed by atoms with Crippen molar-refractivity contribution in [2.24, 2.45) is 5.41 Å². The van der Waals surface area contributed by atoms with Crippen molar-refractivity contribution in [1.29, 1.82) is 0 Å². The van der Waals surface area contributed by atoms with E-state index in [1.165, 1.54) is 12.1 Å². The second-order valence-electron chi connectivity index (χ2n) is 12.3. The molecule has 3 atom stereocenters. The van der Waals surface area contributed by atoms with Gasteiger partial charge in [-0.1, -0.05) is 0 Å². The molecule has 1 aromatic carbocycles. The fraction of sp³-hybridized carbons (Fsp3) is 0.690. The standard InChI is InChI=1S/C29H43FN4O5/c1-20-19-34(23-8-6-22(30)7-9-23)17-16-32(20)13-10-24-18-29(26(36)38-24)11-14-33(15-12-29)25(35)21(2)31-27(37)39-28(3,4)5/h6-9,20-21,24H,10-19H2,1-5H3,(H,31,37)/t20-,21-,24-/m0/s1. The number of likely N-dealkylation sites (tertiary alicyclic amines) is 1. The number of alkyl carbamates (subject to hydrolysis) is 1. The van der Waals surface area contributed by atoms with E-state index in [2.05, 4.69) is 22.0 Å². The molecule has 2 amide bonds. The zero-order valence-corrected chi connectivity index (χ0v) is 23.9. The molecule has 39 heavy (non-hydrogen) atoms. The van der Waals surface area contributed by atoms with Crippen LogP contribution in [0, 0.1) is 11.2 Å². The third kappa shape index (κ3) is 7.21. The summed E-state index contributed by atoms with van der Waals surface area (Å²) in [7, 11) is 0. The van der Waals surface area contributed by atoms with Crippen molar-refractivity contribution >= 4 is 23.7 Å². The average Bonchev–Trinajstić information content (AvgIpc) is 3.16. The Labute approximate surface area is 231 Å². The third-order valence-electron chi connectivity index (χ3n) is 8.16. The molecule has 9 nitrogen and oxygen atoms in total. The summed E-state index contributed by atoms with van der Waals surface area (Å²) in [5.41, 5.74) is -0.134. The molecular weight excluding hydrogens is 503 g/mol. The first-order chi connectivity index (χ1) is 18.3. The number of piperidine rings is 1. The summed E-state index contributed by atoms with van der Waals surface area (Å²) < 4.78 is 24.4. The lowest BCUT2D eigenvalue weighted by atomic mass is 9.75. The predicted molar refractivity (Wildman–Crippen MR) is 146 cm³/mol. The molecule has 0 unspecified atom stereocenters. The number of cyclic esters (lactones) is 1. The Morgan fingerprint density at radius 3 is 2.44 bits per heavy atom. The van der Waals surface area contributed by atoms with Crippen LogP contribution >= 0.6 is 0 Å². The van der Waals surface area contributed by atoms with Gasteiger partial charge < -0.3 is 24.6 Å². The Balaban J connectivity index is 1.21. The summed E-state index contributed by atoms with van der Waals surface area (Å²) in [5, 5.41) is 2.61. The van der Waals surface area contributed by atoms with Gasteiger partial charge in [0.25, 0.3) is 0 Å². The van der Waals surface area contributed by atoms with Crippen LogP contribution in [-0.2, 0) is 19.1 Å². The van der Waals surface area contributed by atoms with Crippen molar-refractivity contribution in [3.63, 3.8) is 0 Å². The zero-order valence-electron chi connectivity index (χ0n) is 23.9. The number of hydrogen-bond acceptors (Lipinski definition) is 7. The van der Waals surface area contributed by atoms with E-state index >= 15 is 0 Å². The molecule has 216 valence electrons. The largest absolute Gasteiger partial charge is 0.462 e. The van der Waals surface area contributed by atoms with Gasteiger partial charge in [-0.15, -0.1) is 0 Å². The number of carbonyl (C=O) groups is 3. The molecule has 10 heteroatoms. The minimum Gasteiger partial charge on any atom is -0.462 e. The van der Waals surface area contributed by atoms with Gasteiger partial charge in [0.1, 0.15) is 23.6 Å². The van der Waals surface area contributed by atoms with Crippen LogP contribution in [0.2, 0.25) is 0 Å². The lowest BCUT2D eigenvalue weighted by molar-refractivity contribution is -0.153. The molecule has 0 aliphatic carbocycles. The number of nitrogens with zero attached hydrogens (tertiary/aromatic N) is 3. The lowest BCUT2D eigenvalue weighted by Gasteiger charge is -2.41. The van der Waals surface area contributed by atoms with E-state index in [1.807, 2.05) is 12.1 Å². The molecule has 0 saturated carbocycles. The van der Waals surface area contributed by atoms with Crippen molar-refractivity contribution in [3.8, 4) is 0 Å². The van der Waals surface area contributed by atoms with Crippen LogP contribution in [0.1, 0.15) is 60.3 Å². The minimum atomic E-state index is -0.706. The molecular formula is C29H43FN4O5. The van der Waals surface area contributed by atoms with E-state index in [4.69, 9.17) is 9.47 Å². The molecule has 0 radical (unpaired) electrons. The number of esters is 1. The maximum Gasteiger partial charge on any atom is 0.408 e. The summed E-state index contributed by atoms with van der Waals surface area (Å²) in [5.74, 6) is -0.544. The van der Waals surface area contributed by atoms with E-state index in [0.29, 0.717) is 38.4 Å². The van der Waals surface area contributed by atoms with E-state index in [1.54, 1.807) is 32.6 Å². The zero-order chi connectivity index (χ0) is 28.4. The smallest absolute Gasteiger partial charge is 0.408 e. The molecule has 3 aliphatic rings. The molecule has 3 heterocycles. The summed E-state index contributed by atoms with van der Waals surface area (Å²) in [6.45, 7) is 13.6. The van der Waals surface area contributed by atoms with Gasteiger partial charge in [-0.3, -0.25) is 14.5 Å². The fourth-order valence-electron chi connectivity index (χ4n) is 5.91. The summed E-state index contributed by atoms with van der Waals surface area (Å²) >= 11 is 0. The predicted octanol–water partition coefficient (Wildman–Crippen LogP) is 3.56. The van der Waals surface area contributed by atoms with Gasteiger partial charge in [-0.2, -0.15) is 0 Å². The normalized spacial score (nSPS) is 24.4. The van der Waals surface area contributed by atoms with Gasteiger partial charge in [0.15, 0.2) is 0 Å². The van der Waals surface area contributed by atoms with Crippen LogP contribution in [0.25, 0.3) is 0 Å². The maximum atomic E-state index is 13.3. The highest BCUT2D eigenvalue weighted by atomic mass is 19.1. The topological polar surface area (TPSA) is 91.4 Å². The number of rotatable bonds is 6. The maximum absolute atomic E-state index is 13.3. The van der Waals surface area contributed by atoms with Gasteiger partial charge in [-0.25, -0.2) is 9.18 Å². The number of amides is 2. The number of hydrogen-bond donors (Lipinski definition) is 1. The van der Waals surface area contributed by atoms with Crippen molar-refractivity contribution in [2.45, 2.75) is 84.1 Å². The summed E-state index contributed by atoms with van der Waals surface area (Å²) in [6, 6.07) is 6.28. The van der Waals surface area contributed by atoms with Crippen LogP contribution in [0.4, 0.5) is 14.9 Å². The summed E-state index contributed by atoms with van der Waals surface area (Å²) in [4.78, 5) is 44.3. The van der Waals surface area contributed by atoms with E-state index < -0.39 is 23.2 Å². The van der Waals surface area contributed by atoms with E-state index in [9.17, 15) is 18.8 Å². The Hall–Kier alpha value is -2.88. The lowest BCUT2D eigenvalue weighted by Crippen LogP contribution is -2.52. The third-order valence-corrected chi connectivity index (χ3v) is 8.16. The molecule has 3 saturated heterocycles. The molecule has 1 N–H and O–H groups in total. The van der Waals surface area contributed by atoms with Gasteiger partial charge in [0.2, 0.25) is 5.91 Å². The Kier molecular flexibility index (Phi) is 8.73. The minimum absolute atomic E-state index is 0.116. The second kappa shape index (κ2) is 11.7. The van der Waals surface area contributed by atoms with Gasteiger partial charge >= 0.3 is 12.1 Å². The molecule has 0 aromatic heterocycles. The molecule has 1 aromatic rings. The molecule has 0 bridgehead atoms. The van der Waals surface area contributed by atoms with Crippen molar-refractivity contribution in [2.75, 3.05) is 44.2 Å². The van der Waals surface area contributed by atoms with Crippen LogP contribution in [0.5, 0.6) is 0 Å². The number of anilines is 1.